The van der Waals surface area contributed by atoms with Gasteiger partial charge in [0.05, 0.1) is 34.1 Å². The number of benzene rings is 2. The van der Waals surface area contributed by atoms with Crippen molar-refractivity contribution in [2.45, 2.75) is 13.3 Å². The predicted molar refractivity (Wildman–Crippen MR) is 137 cm³/mol. The third-order valence-electron chi connectivity index (χ3n) is 5.13. The topological polar surface area (TPSA) is 165 Å². The van der Waals surface area contributed by atoms with Crippen molar-refractivity contribution >= 4 is 44.4 Å². The molecule has 0 N–H and O–H groups in total. The minimum Gasteiger partial charge on any atom is -0.493 e. The standard InChI is InChI=1S/C23H17BrN6O7/c1-3-20-27-17-6-4-14(24)10-16(17)23(31)28(20)26-11-13-8-18(30(34)35)22(19(9-13)36-2)37-21-7-5-15(12-25-21)29(32)33/h4-12H,3H2,1-2H3. The van der Waals surface area contributed by atoms with E-state index < -0.39 is 21.1 Å². The number of hydrogen-bond acceptors (Lipinski definition) is 10. The van der Waals surface area contributed by atoms with Gasteiger partial charge in [0, 0.05) is 34.7 Å². The first kappa shape index (κ1) is 25.4. The maximum absolute atomic E-state index is 13.1. The monoisotopic (exact) mass is 568 g/mol. The van der Waals surface area contributed by atoms with Crippen molar-refractivity contribution in [3.8, 4) is 17.4 Å². The molecule has 2 heterocycles. The second-order valence-electron chi connectivity index (χ2n) is 7.45. The summed E-state index contributed by atoms with van der Waals surface area (Å²) in [5.74, 6) is 0.0248. The molecule has 13 nitrogen and oxygen atoms in total. The first-order valence-corrected chi connectivity index (χ1v) is 11.4. The zero-order valence-corrected chi connectivity index (χ0v) is 20.9. The van der Waals surface area contributed by atoms with E-state index in [9.17, 15) is 25.0 Å². The van der Waals surface area contributed by atoms with Crippen LogP contribution in [0.2, 0.25) is 0 Å². The fourth-order valence-corrected chi connectivity index (χ4v) is 3.75. The second-order valence-corrected chi connectivity index (χ2v) is 8.36. The number of pyridine rings is 1. The van der Waals surface area contributed by atoms with Crippen molar-refractivity contribution < 1.29 is 19.3 Å². The number of aromatic nitrogens is 3. The zero-order valence-electron chi connectivity index (χ0n) is 19.3. The molecule has 0 aliphatic carbocycles. The minimum absolute atomic E-state index is 0.0144. The van der Waals surface area contributed by atoms with Crippen LogP contribution in [0, 0.1) is 20.2 Å². The van der Waals surface area contributed by atoms with Crippen LogP contribution in [0.1, 0.15) is 18.3 Å². The molecular formula is C23H17BrN6O7. The number of rotatable bonds is 8. The quantitative estimate of drug-likeness (QED) is 0.167. The van der Waals surface area contributed by atoms with E-state index in [0.717, 1.165) is 16.9 Å². The van der Waals surface area contributed by atoms with Gasteiger partial charge in [0.25, 0.3) is 11.2 Å². The Morgan fingerprint density at radius 1 is 1.14 bits per heavy atom. The molecule has 2 aromatic carbocycles. The van der Waals surface area contributed by atoms with Gasteiger partial charge in [-0.25, -0.2) is 9.97 Å². The van der Waals surface area contributed by atoms with Crippen LogP contribution in [-0.4, -0.2) is 37.8 Å². The Balaban J connectivity index is 1.76. The summed E-state index contributed by atoms with van der Waals surface area (Å²) in [6.45, 7) is 1.82. The first-order chi connectivity index (χ1) is 17.7. The molecule has 0 bridgehead atoms. The van der Waals surface area contributed by atoms with Crippen LogP contribution in [0.3, 0.4) is 0 Å². The smallest absolute Gasteiger partial charge is 0.316 e. The zero-order chi connectivity index (χ0) is 26.7. The molecule has 37 heavy (non-hydrogen) atoms. The number of aryl methyl sites for hydroxylation is 1. The Bertz CT molecular complexity index is 1620. The normalized spacial score (nSPS) is 11.1. The van der Waals surface area contributed by atoms with Crippen LogP contribution in [0.25, 0.3) is 10.9 Å². The Morgan fingerprint density at radius 3 is 2.54 bits per heavy atom. The highest BCUT2D eigenvalue weighted by Gasteiger charge is 2.24. The number of nitro groups is 2. The Morgan fingerprint density at radius 2 is 1.92 bits per heavy atom. The summed E-state index contributed by atoms with van der Waals surface area (Å²) >= 11 is 3.34. The highest BCUT2D eigenvalue weighted by atomic mass is 79.9. The average Bonchev–Trinajstić information content (AvgIpc) is 2.88. The van der Waals surface area contributed by atoms with Crippen molar-refractivity contribution in [3.63, 3.8) is 0 Å². The Labute approximate surface area is 216 Å². The van der Waals surface area contributed by atoms with E-state index in [2.05, 4.69) is 31.0 Å². The molecule has 0 aliphatic heterocycles. The summed E-state index contributed by atoms with van der Waals surface area (Å²) in [5.41, 5.74) is -0.363. The van der Waals surface area contributed by atoms with Crippen LogP contribution in [0.15, 0.2) is 63.0 Å². The van der Waals surface area contributed by atoms with Gasteiger partial charge in [-0.1, -0.05) is 22.9 Å². The maximum atomic E-state index is 13.1. The highest BCUT2D eigenvalue weighted by molar-refractivity contribution is 9.10. The van der Waals surface area contributed by atoms with Gasteiger partial charge < -0.3 is 9.47 Å². The van der Waals surface area contributed by atoms with Crippen molar-refractivity contribution in [1.82, 2.24) is 14.6 Å². The van der Waals surface area contributed by atoms with Gasteiger partial charge in [-0.05, 0) is 24.3 Å². The summed E-state index contributed by atoms with van der Waals surface area (Å²) < 4.78 is 12.7. The van der Waals surface area contributed by atoms with Gasteiger partial charge in [-0.15, -0.1) is 0 Å². The van der Waals surface area contributed by atoms with Gasteiger partial charge >= 0.3 is 5.69 Å². The molecule has 0 spiro atoms. The van der Waals surface area contributed by atoms with E-state index in [-0.39, 0.29) is 28.6 Å². The number of halogens is 1. The van der Waals surface area contributed by atoms with Crippen LogP contribution in [0.4, 0.5) is 11.4 Å². The summed E-state index contributed by atoms with van der Waals surface area (Å²) in [6, 6.07) is 10.1. The number of nitro benzene ring substituents is 1. The lowest BCUT2D eigenvalue weighted by atomic mass is 10.2. The summed E-state index contributed by atoms with van der Waals surface area (Å²) in [7, 11) is 1.29. The molecule has 0 saturated carbocycles. The second kappa shape index (κ2) is 10.5. The molecule has 0 unspecified atom stereocenters. The molecular weight excluding hydrogens is 552 g/mol. The molecule has 0 saturated heterocycles. The third kappa shape index (κ3) is 5.28. The fraction of sp³-hybridized carbons (Fsp3) is 0.130. The average molecular weight is 569 g/mol. The molecule has 188 valence electrons. The number of methoxy groups -OCH3 is 1. The Hall–Kier alpha value is -4.72. The van der Waals surface area contributed by atoms with Crippen molar-refractivity contribution in [1.29, 1.82) is 0 Å². The number of nitrogens with zero attached hydrogens (tertiary/aromatic N) is 6. The van der Waals surface area contributed by atoms with Gasteiger partial charge in [0.2, 0.25) is 11.6 Å². The lowest BCUT2D eigenvalue weighted by molar-refractivity contribution is -0.385. The number of fused-ring (bicyclic) bond motifs is 1. The van der Waals surface area contributed by atoms with E-state index in [0.29, 0.717) is 27.6 Å². The van der Waals surface area contributed by atoms with Gasteiger partial charge in [-0.2, -0.15) is 9.78 Å². The number of ether oxygens (including phenoxy) is 2. The summed E-state index contributed by atoms with van der Waals surface area (Å²) in [4.78, 5) is 42.7. The first-order valence-electron chi connectivity index (χ1n) is 10.6. The predicted octanol–water partition coefficient (Wildman–Crippen LogP) is 4.62. The Kier molecular flexibility index (Phi) is 7.20. The largest absolute Gasteiger partial charge is 0.493 e. The van der Waals surface area contributed by atoms with Gasteiger partial charge in [0.1, 0.15) is 12.0 Å². The van der Waals surface area contributed by atoms with E-state index in [1.54, 1.807) is 18.2 Å². The summed E-state index contributed by atoms with van der Waals surface area (Å²) in [5, 5.41) is 27.3. The van der Waals surface area contributed by atoms with Gasteiger partial charge in [0.15, 0.2) is 5.75 Å². The molecule has 0 aliphatic rings. The summed E-state index contributed by atoms with van der Waals surface area (Å²) in [6.07, 6.45) is 2.65. The maximum Gasteiger partial charge on any atom is 0.316 e. The number of hydrogen-bond donors (Lipinski definition) is 0. The molecule has 4 aromatic rings. The van der Waals surface area contributed by atoms with Crippen molar-refractivity contribution in [3.05, 3.63) is 95.1 Å². The van der Waals surface area contributed by atoms with Crippen molar-refractivity contribution in [2.75, 3.05) is 7.11 Å². The van der Waals surface area contributed by atoms with Gasteiger partial charge in [-0.3, -0.25) is 25.0 Å². The van der Waals surface area contributed by atoms with E-state index in [1.165, 1.54) is 31.5 Å². The van der Waals surface area contributed by atoms with Crippen LogP contribution >= 0.6 is 15.9 Å². The molecule has 14 heteroatoms. The van der Waals surface area contributed by atoms with E-state index >= 15 is 0 Å². The molecule has 0 atom stereocenters. The SMILES string of the molecule is CCc1nc2ccc(Br)cc2c(=O)n1N=Cc1cc(OC)c(Oc2ccc([N+](=O)[O-])cn2)c([N+](=O)[O-])c1. The molecule has 0 amide bonds. The highest BCUT2D eigenvalue weighted by Crippen LogP contribution is 2.40. The molecule has 4 rings (SSSR count). The lowest BCUT2D eigenvalue weighted by Crippen LogP contribution is -2.22. The minimum atomic E-state index is -0.681. The van der Waals surface area contributed by atoms with Crippen LogP contribution in [0.5, 0.6) is 17.4 Å². The lowest BCUT2D eigenvalue weighted by Gasteiger charge is -2.11. The van der Waals surface area contributed by atoms with Crippen molar-refractivity contribution in [2.24, 2.45) is 5.10 Å². The van der Waals surface area contributed by atoms with Crippen LogP contribution in [-0.2, 0) is 6.42 Å². The third-order valence-corrected chi connectivity index (χ3v) is 5.62. The van der Waals surface area contributed by atoms with E-state index in [4.69, 9.17) is 9.47 Å². The fourth-order valence-electron chi connectivity index (χ4n) is 3.39. The van der Waals surface area contributed by atoms with Crippen LogP contribution < -0.4 is 15.0 Å². The molecule has 2 aromatic heterocycles. The van der Waals surface area contributed by atoms with E-state index in [1.807, 2.05) is 6.92 Å². The molecule has 0 radical (unpaired) electrons. The molecule has 0 fully saturated rings.